The summed E-state index contributed by atoms with van der Waals surface area (Å²) in [5, 5.41) is 19.6. The van der Waals surface area contributed by atoms with Gasteiger partial charge in [0.25, 0.3) is 5.91 Å². The number of hydrogen-bond acceptors (Lipinski definition) is 7. The highest BCUT2D eigenvalue weighted by molar-refractivity contribution is 7.89. The minimum atomic E-state index is -4.15. The molecule has 1 fully saturated rings. The zero-order valence-corrected chi connectivity index (χ0v) is 18.4. The number of methoxy groups -OCH3 is 1. The van der Waals surface area contributed by atoms with E-state index in [0.29, 0.717) is 23.5 Å². The first-order valence-electron chi connectivity index (χ1n) is 9.83. The number of rotatable bonds is 7. The third-order valence-corrected chi connectivity index (χ3v) is 7.25. The van der Waals surface area contributed by atoms with Gasteiger partial charge in [0.05, 0.1) is 17.6 Å². The first-order valence-corrected chi connectivity index (χ1v) is 11.3. The third kappa shape index (κ3) is 4.85. The van der Waals surface area contributed by atoms with Crippen molar-refractivity contribution in [3.05, 3.63) is 53.8 Å². The molecule has 0 radical (unpaired) electrons. The summed E-state index contributed by atoms with van der Waals surface area (Å²) in [6, 6.07) is 8.12. The molecule has 11 heteroatoms. The highest BCUT2D eigenvalue weighted by Crippen LogP contribution is 2.33. The van der Waals surface area contributed by atoms with E-state index < -0.39 is 33.4 Å². The van der Waals surface area contributed by atoms with Crippen LogP contribution in [0.3, 0.4) is 0 Å². The normalized spacial score (nSPS) is 21.7. The maximum absolute atomic E-state index is 13.3. The van der Waals surface area contributed by atoms with Crippen molar-refractivity contribution in [1.29, 1.82) is 0 Å². The van der Waals surface area contributed by atoms with Crippen LogP contribution in [0.4, 0.5) is 4.39 Å². The third-order valence-electron chi connectivity index (χ3n) is 5.37. The molecule has 2 aromatic carbocycles. The van der Waals surface area contributed by atoms with Gasteiger partial charge in [-0.15, -0.1) is 0 Å². The van der Waals surface area contributed by atoms with Crippen LogP contribution in [0.2, 0.25) is 0 Å². The quantitative estimate of drug-likeness (QED) is 0.418. The van der Waals surface area contributed by atoms with Crippen LogP contribution in [0.25, 0.3) is 0 Å². The van der Waals surface area contributed by atoms with E-state index in [1.54, 1.807) is 0 Å². The Morgan fingerprint density at radius 3 is 2.59 bits per heavy atom. The molecular weight excluding hydrogens is 443 g/mol. The summed E-state index contributed by atoms with van der Waals surface area (Å²) in [4.78, 5) is 12.0. The second kappa shape index (κ2) is 9.41. The summed E-state index contributed by atoms with van der Waals surface area (Å²) in [6.07, 6.45) is 0.554. The monoisotopic (exact) mass is 468 g/mol. The Morgan fingerprint density at radius 1 is 1.28 bits per heavy atom. The van der Waals surface area contributed by atoms with Crippen molar-refractivity contribution in [2.75, 3.05) is 13.7 Å². The average molecular weight is 469 g/mol. The zero-order valence-electron chi connectivity index (χ0n) is 17.6. The van der Waals surface area contributed by atoms with Crippen LogP contribution in [-0.4, -0.2) is 54.2 Å². The molecule has 1 aliphatic heterocycles. The largest absolute Gasteiger partial charge is 0.496 e. The number of hydroxylamine groups is 1. The molecule has 0 aliphatic carbocycles. The van der Waals surface area contributed by atoms with Gasteiger partial charge in [-0.2, -0.15) is 4.31 Å². The van der Waals surface area contributed by atoms with E-state index in [0.717, 1.165) is 4.31 Å². The Kier molecular flexibility index (Phi) is 7.03. The fourth-order valence-electron chi connectivity index (χ4n) is 3.74. The number of piperidine rings is 1. The molecule has 0 saturated carbocycles. The molecule has 32 heavy (non-hydrogen) atoms. The molecule has 0 unspecified atom stereocenters. The Hall–Kier alpha value is -2.73. The van der Waals surface area contributed by atoms with Gasteiger partial charge in [0.2, 0.25) is 10.0 Å². The van der Waals surface area contributed by atoms with Crippen LogP contribution in [-0.2, 0) is 21.4 Å². The lowest BCUT2D eigenvalue weighted by Crippen LogP contribution is -2.62. The Balaban J connectivity index is 1.79. The van der Waals surface area contributed by atoms with Crippen LogP contribution in [0.15, 0.2) is 47.4 Å². The number of ether oxygens (including phenoxy) is 2. The van der Waals surface area contributed by atoms with E-state index in [-0.39, 0.29) is 24.5 Å². The fourth-order valence-corrected chi connectivity index (χ4v) is 5.46. The molecule has 0 spiro atoms. The molecular formula is C21H25FN2O7S. The smallest absolute Gasteiger partial charge is 0.264 e. The highest BCUT2D eigenvalue weighted by Gasteiger charge is 2.49. The number of carbonyl (C=O) groups is 1. The predicted molar refractivity (Wildman–Crippen MR) is 111 cm³/mol. The van der Waals surface area contributed by atoms with E-state index in [1.807, 2.05) is 0 Å². The minimum absolute atomic E-state index is 0.0131. The fraction of sp³-hybridized carbons (Fsp3) is 0.381. The number of hydrogen-bond donors (Lipinski definition) is 3. The summed E-state index contributed by atoms with van der Waals surface area (Å²) in [6.45, 7) is 1.44. The zero-order chi connectivity index (χ0) is 23.5. The number of benzene rings is 2. The second-order valence-corrected chi connectivity index (χ2v) is 9.56. The van der Waals surface area contributed by atoms with Gasteiger partial charge in [0.1, 0.15) is 30.0 Å². The van der Waals surface area contributed by atoms with Crippen molar-refractivity contribution >= 4 is 15.9 Å². The molecule has 1 heterocycles. The van der Waals surface area contributed by atoms with Gasteiger partial charge < -0.3 is 14.6 Å². The SMILES string of the molecule is COc1cc(F)ccc1COc1ccc(S(=O)(=O)N2CCC[C@@](C)(O)[C@@H]2C(=O)NO)cc1. The van der Waals surface area contributed by atoms with Crippen LogP contribution >= 0.6 is 0 Å². The molecule has 0 bridgehead atoms. The second-order valence-electron chi connectivity index (χ2n) is 7.67. The van der Waals surface area contributed by atoms with E-state index in [9.17, 15) is 22.7 Å². The molecule has 174 valence electrons. The molecule has 3 N–H and O–H groups in total. The van der Waals surface area contributed by atoms with Gasteiger partial charge in [-0.1, -0.05) is 0 Å². The van der Waals surface area contributed by atoms with Gasteiger partial charge >= 0.3 is 0 Å². The van der Waals surface area contributed by atoms with E-state index in [4.69, 9.17) is 14.7 Å². The summed E-state index contributed by atoms with van der Waals surface area (Å²) < 4.78 is 51.3. The van der Waals surface area contributed by atoms with Crippen molar-refractivity contribution in [1.82, 2.24) is 9.79 Å². The van der Waals surface area contributed by atoms with Crippen LogP contribution in [0, 0.1) is 5.82 Å². The number of sulfonamides is 1. The lowest BCUT2D eigenvalue weighted by Gasteiger charge is -2.42. The van der Waals surface area contributed by atoms with Gasteiger partial charge in [-0.05, 0) is 56.2 Å². The molecule has 2 aromatic rings. The van der Waals surface area contributed by atoms with E-state index in [2.05, 4.69) is 0 Å². The number of nitrogens with zero attached hydrogens (tertiary/aromatic N) is 1. The molecule has 1 aliphatic rings. The average Bonchev–Trinajstić information content (AvgIpc) is 2.77. The van der Waals surface area contributed by atoms with E-state index in [1.165, 1.54) is 62.0 Å². The lowest BCUT2D eigenvalue weighted by atomic mass is 9.87. The van der Waals surface area contributed by atoms with Gasteiger partial charge in [0.15, 0.2) is 0 Å². The first-order chi connectivity index (χ1) is 15.1. The number of nitrogens with one attached hydrogen (secondary N) is 1. The van der Waals surface area contributed by atoms with Crippen molar-refractivity contribution in [3.63, 3.8) is 0 Å². The molecule has 2 atom stereocenters. The molecule has 1 saturated heterocycles. The topological polar surface area (TPSA) is 125 Å². The van der Waals surface area contributed by atoms with Crippen molar-refractivity contribution < 1.29 is 37.4 Å². The molecule has 9 nitrogen and oxygen atoms in total. The molecule has 3 rings (SSSR count). The van der Waals surface area contributed by atoms with Crippen LogP contribution < -0.4 is 15.0 Å². The summed E-state index contributed by atoms with van der Waals surface area (Å²) in [7, 11) is -2.74. The molecule has 0 aromatic heterocycles. The summed E-state index contributed by atoms with van der Waals surface area (Å²) in [5.41, 5.74) is 0.406. The highest BCUT2D eigenvalue weighted by atomic mass is 32.2. The summed E-state index contributed by atoms with van der Waals surface area (Å²) in [5.74, 6) is -0.753. The number of halogens is 1. The van der Waals surface area contributed by atoms with Gasteiger partial charge in [-0.25, -0.2) is 18.3 Å². The molecule has 1 amide bonds. The number of carbonyl (C=O) groups excluding carboxylic acids is 1. The van der Waals surface area contributed by atoms with Crippen molar-refractivity contribution in [3.8, 4) is 11.5 Å². The standard InChI is InChI=1S/C21H25FN2O7S/c1-21(26)10-3-11-24(19(21)20(25)23-27)32(28,29)17-8-6-16(7-9-17)31-13-14-4-5-15(22)12-18(14)30-2/h4-9,12,19,26-27H,3,10-11,13H2,1-2H3,(H,23,25)/t19-,21+/m0/s1. The van der Waals surface area contributed by atoms with E-state index >= 15 is 0 Å². The van der Waals surface area contributed by atoms with Crippen molar-refractivity contribution in [2.24, 2.45) is 0 Å². The minimum Gasteiger partial charge on any atom is -0.496 e. The van der Waals surface area contributed by atoms with Gasteiger partial charge in [0, 0.05) is 18.2 Å². The number of aliphatic hydroxyl groups is 1. The summed E-state index contributed by atoms with van der Waals surface area (Å²) >= 11 is 0. The number of amides is 1. The predicted octanol–water partition coefficient (Wildman–Crippen LogP) is 1.82. The maximum Gasteiger partial charge on any atom is 0.264 e. The maximum atomic E-state index is 13.3. The Labute approximate surface area is 185 Å². The van der Waals surface area contributed by atoms with Crippen LogP contribution in [0.1, 0.15) is 25.3 Å². The van der Waals surface area contributed by atoms with Gasteiger partial charge in [-0.3, -0.25) is 10.0 Å². The lowest BCUT2D eigenvalue weighted by molar-refractivity contribution is -0.144. The first kappa shape index (κ1) is 23.9. The Morgan fingerprint density at radius 2 is 1.97 bits per heavy atom. The van der Waals surface area contributed by atoms with Crippen LogP contribution in [0.5, 0.6) is 11.5 Å². The van der Waals surface area contributed by atoms with Crippen molar-refractivity contribution in [2.45, 2.75) is 42.9 Å². The Bertz CT molecular complexity index is 1070.